The van der Waals surface area contributed by atoms with Gasteiger partial charge in [-0.2, -0.15) is 4.37 Å². The first kappa shape index (κ1) is 20.1. The van der Waals surface area contributed by atoms with Crippen LogP contribution in [-0.4, -0.2) is 30.0 Å². The van der Waals surface area contributed by atoms with Gasteiger partial charge in [0, 0.05) is 12.3 Å². The van der Waals surface area contributed by atoms with E-state index in [0.717, 1.165) is 22.8 Å². The average Bonchev–Trinajstić information content (AvgIpc) is 3.01. The van der Waals surface area contributed by atoms with E-state index in [-0.39, 0.29) is 11.6 Å². The first-order valence-corrected chi connectivity index (χ1v) is 9.76. The second-order valence-corrected chi connectivity index (χ2v) is 7.66. The number of nitrogens with zero attached hydrogens (tertiary/aromatic N) is 1. The van der Waals surface area contributed by atoms with Gasteiger partial charge in [0.05, 0.1) is 7.11 Å². The van der Waals surface area contributed by atoms with Gasteiger partial charge >= 0.3 is 6.03 Å². The Morgan fingerprint density at radius 2 is 2.15 bits per heavy atom. The lowest BCUT2D eigenvalue weighted by molar-refractivity contribution is 0.0998. The van der Waals surface area contributed by atoms with Crippen molar-refractivity contribution < 1.29 is 14.3 Å². The first-order chi connectivity index (χ1) is 12.4. The highest BCUT2D eigenvalue weighted by Crippen LogP contribution is 2.33. The third-order valence-electron chi connectivity index (χ3n) is 3.31. The number of thioether (sulfide) groups is 1. The lowest BCUT2D eigenvalue weighted by atomic mass is 10.2. The van der Waals surface area contributed by atoms with E-state index in [1.54, 1.807) is 7.11 Å². The number of primary amides is 1. The van der Waals surface area contributed by atoms with E-state index in [9.17, 15) is 9.59 Å². The second kappa shape index (κ2) is 9.44. The molecule has 0 saturated carbocycles. The topological polar surface area (TPSA) is 106 Å². The summed E-state index contributed by atoms with van der Waals surface area (Å²) >= 11 is 2.43. The molecule has 2 aromatic rings. The Hall–Kier alpha value is -2.26. The maximum atomic E-state index is 11.9. The molecule has 0 spiro atoms. The van der Waals surface area contributed by atoms with E-state index in [4.69, 9.17) is 10.5 Å². The van der Waals surface area contributed by atoms with Gasteiger partial charge in [-0.05, 0) is 35.1 Å². The van der Waals surface area contributed by atoms with Crippen LogP contribution in [0.5, 0.6) is 5.75 Å². The molecular formula is C17H22N4O3S2. The van der Waals surface area contributed by atoms with Crippen molar-refractivity contribution in [3.8, 4) is 5.75 Å². The minimum Gasteiger partial charge on any atom is -0.497 e. The quantitative estimate of drug-likeness (QED) is 0.596. The minimum absolute atomic E-state index is 0.239. The van der Waals surface area contributed by atoms with E-state index >= 15 is 0 Å². The minimum atomic E-state index is -0.619. The Morgan fingerprint density at radius 1 is 1.38 bits per heavy atom. The summed E-state index contributed by atoms with van der Waals surface area (Å²) < 4.78 is 9.48. The molecule has 0 aliphatic heterocycles. The Balaban J connectivity index is 2.08. The summed E-state index contributed by atoms with van der Waals surface area (Å²) in [4.78, 5) is 23.8. The molecule has 0 radical (unpaired) electrons. The number of rotatable bonds is 8. The molecule has 7 nitrogen and oxygen atoms in total. The predicted octanol–water partition coefficient (Wildman–Crippen LogP) is 3.32. The molecule has 1 heterocycles. The Labute approximate surface area is 160 Å². The molecule has 9 heteroatoms. The van der Waals surface area contributed by atoms with Crippen LogP contribution in [0.4, 0.5) is 9.80 Å². The monoisotopic (exact) mass is 394 g/mol. The van der Waals surface area contributed by atoms with Crippen molar-refractivity contribution in [1.29, 1.82) is 0 Å². The Kier molecular flexibility index (Phi) is 7.28. The van der Waals surface area contributed by atoms with Crippen molar-refractivity contribution in [2.45, 2.75) is 24.6 Å². The molecule has 0 atom stereocenters. The molecule has 0 saturated heterocycles. The lowest BCUT2D eigenvalue weighted by Gasteiger charge is -2.09. The number of amides is 3. The van der Waals surface area contributed by atoms with Crippen molar-refractivity contribution in [2.24, 2.45) is 11.7 Å². The number of methoxy groups -OCH3 is 1. The number of nitrogens with two attached hydrogens (primary N) is 1. The van der Waals surface area contributed by atoms with Crippen molar-refractivity contribution in [3.05, 3.63) is 35.4 Å². The smallest absolute Gasteiger partial charge is 0.319 e. The molecule has 0 bridgehead atoms. The number of hydrogen-bond donors (Lipinski definition) is 3. The Bertz CT molecular complexity index is 777. The van der Waals surface area contributed by atoms with Crippen molar-refractivity contribution >= 4 is 40.2 Å². The average molecular weight is 395 g/mol. The van der Waals surface area contributed by atoms with Crippen LogP contribution in [-0.2, 0) is 5.75 Å². The van der Waals surface area contributed by atoms with Crippen LogP contribution in [0.15, 0.2) is 29.3 Å². The van der Waals surface area contributed by atoms with Gasteiger partial charge in [-0.3, -0.25) is 10.1 Å². The molecular weight excluding hydrogens is 372 g/mol. The van der Waals surface area contributed by atoms with Crippen LogP contribution in [0.3, 0.4) is 0 Å². The predicted molar refractivity (Wildman–Crippen MR) is 105 cm³/mol. The van der Waals surface area contributed by atoms with Crippen molar-refractivity contribution in [3.63, 3.8) is 0 Å². The van der Waals surface area contributed by atoms with Crippen LogP contribution in [0.1, 0.15) is 29.8 Å². The number of carbonyl (C=O) groups excluding carboxylic acids is 2. The molecule has 3 amide bonds. The molecule has 0 aliphatic carbocycles. The van der Waals surface area contributed by atoms with Gasteiger partial charge < -0.3 is 15.8 Å². The van der Waals surface area contributed by atoms with Crippen LogP contribution in [0, 0.1) is 5.92 Å². The molecule has 1 aromatic heterocycles. The second-order valence-electron chi connectivity index (χ2n) is 5.93. The van der Waals surface area contributed by atoms with Crippen LogP contribution >= 0.6 is 23.3 Å². The largest absolute Gasteiger partial charge is 0.497 e. The third-order valence-corrected chi connectivity index (χ3v) is 5.24. The molecule has 0 unspecified atom stereocenters. The number of urea groups is 1. The van der Waals surface area contributed by atoms with Crippen molar-refractivity contribution in [2.75, 3.05) is 19.0 Å². The van der Waals surface area contributed by atoms with Gasteiger partial charge in [-0.15, -0.1) is 0 Å². The maximum absolute atomic E-state index is 11.9. The van der Waals surface area contributed by atoms with Gasteiger partial charge in [0.25, 0.3) is 5.91 Å². The van der Waals surface area contributed by atoms with E-state index in [0.29, 0.717) is 28.2 Å². The summed E-state index contributed by atoms with van der Waals surface area (Å²) in [5.74, 6) is 1.07. The number of benzene rings is 1. The molecule has 1 aromatic carbocycles. The number of aromatic nitrogens is 1. The number of ether oxygens (including phenoxy) is 1. The fraction of sp³-hybridized carbons (Fsp3) is 0.353. The highest BCUT2D eigenvalue weighted by atomic mass is 32.2. The number of anilines is 1. The Morgan fingerprint density at radius 3 is 2.81 bits per heavy atom. The molecule has 4 N–H and O–H groups in total. The van der Waals surface area contributed by atoms with Crippen LogP contribution in [0.2, 0.25) is 0 Å². The molecule has 140 valence electrons. The summed E-state index contributed by atoms with van der Waals surface area (Å²) in [5.41, 5.74) is 6.76. The third kappa shape index (κ3) is 5.63. The fourth-order valence-corrected chi connectivity index (χ4v) is 3.94. The zero-order valence-corrected chi connectivity index (χ0v) is 16.5. The van der Waals surface area contributed by atoms with Gasteiger partial charge in [0.1, 0.15) is 21.3 Å². The standard InChI is InChI=1S/C17H22N4O3S2/c1-10(2)8-19-17(23)20-15-13(14(18)22)16(21-26-15)25-9-11-5-4-6-12(7-11)24-3/h4-7,10H,8-9H2,1-3H3,(H2,18,22)(H2,19,20,23). The first-order valence-electron chi connectivity index (χ1n) is 8.00. The molecule has 0 aliphatic rings. The van der Waals surface area contributed by atoms with Gasteiger partial charge in [-0.1, -0.05) is 37.7 Å². The van der Waals surface area contributed by atoms with Gasteiger partial charge in [0.15, 0.2) is 0 Å². The van der Waals surface area contributed by atoms with E-state index in [1.807, 2.05) is 38.1 Å². The highest BCUT2D eigenvalue weighted by Gasteiger charge is 2.21. The fourth-order valence-electron chi connectivity index (χ4n) is 2.03. The van der Waals surface area contributed by atoms with Crippen molar-refractivity contribution in [1.82, 2.24) is 9.69 Å². The highest BCUT2D eigenvalue weighted by molar-refractivity contribution is 7.98. The van der Waals surface area contributed by atoms with E-state index < -0.39 is 5.91 Å². The summed E-state index contributed by atoms with van der Waals surface area (Å²) in [5, 5.41) is 6.25. The summed E-state index contributed by atoms with van der Waals surface area (Å²) in [6.07, 6.45) is 0. The molecule has 0 fully saturated rings. The van der Waals surface area contributed by atoms with Gasteiger partial charge in [-0.25, -0.2) is 4.79 Å². The van der Waals surface area contributed by atoms with Gasteiger partial charge in [0.2, 0.25) is 0 Å². The summed E-state index contributed by atoms with van der Waals surface area (Å²) in [6.45, 7) is 4.53. The number of carbonyl (C=O) groups is 2. The molecule has 2 rings (SSSR count). The SMILES string of the molecule is COc1cccc(CSc2nsc(NC(=O)NCC(C)C)c2C(N)=O)c1. The number of nitrogens with one attached hydrogen (secondary N) is 2. The maximum Gasteiger partial charge on any atom is 0.319 e. The van der Waals surface area contributed by atoms with Crippen LogP contribution < -0.4 is 21.1 Å². The number of hydrogen-bond acceptors (Lipinski definition) is 6. The molecule has 26 heavy (non-hydrogen) atoms. The summed E-state index contributed by atoms with van der Waals surface area (Å²) in [6, 6.07) is 7.27. The lowest BCUT2D eigenvalue weighted by Crippen LogP contribution is -2.32. The van der Waals surface area contributed by atoms with E-state index in [1.165, 1.54) is 11.8 Å². The zero-order valence-electron chi connectivity index (χ0n) is 14.9. The van der Waals surface area contributed by atoms with Crippen LogP contribution in [0.25, 0.3) is 0 Å². The summed E-state index contributed by atoms with van der Waals surface area (Å²) in [7, 11) is 1.61. The normalized spacial score (nSPS) is 10.6. The zero-order chi connectivity index (χ0) is 19.1. The van der Waals surface area contributed by atoms with E-state index in [2.05, 4.69) is 15.0 Å².